The second-order valence-electron chi connectivity index (χ2n) is 27.1. The van der Waals surface area contributed by atoms with E-state index in [4.69, 9.17) is 0 Å². The molecule has 14 rings (SSSR count). The zero-order chi connectivity index (χ0) is 69.1. The molecule has 0 aliphatic heterocycles. The van der Waals surface area contributed by atoms with Crippen LogP contribution in [0.15, 0.2) is 168 Å². The van der Waals surface area contributed by atoms with Gasteiger partial charge in [-0.1, -0.05) is 202 Å². The van der Waals surface area contributed by atoms with Gasteiger partial charge in [0.1, 0.15) is 35.4 Å². The maximum atomic E-state index is 14.8. The smallest absolute Gasteiger partial charge is 0.195 e. The van der Waals surface area contributed by atoms with Crippen molar-refractivity contribution in [3.63, 3.8) is 0 Å². The Morgan fingerprint density at radius 1 is 0.390 bits per heavy atom. The second kappa shape index (κ2) is 29.4. The summed E-state index contributed by atoms with van der Waals surface area (Å²) >= 11 is 7.07. The minimum absolute atomic E-state index is 0.116. The fraction of sp³-hybridized carbons (Fsp3) is 0.295. The van der Waals surface area contributed by atoms with Crippen LogP contribution in [0.25, 0.3) is 52.2 Å². The molecular weight excluding hydrogens is 1300 g/mol. The van der Waals surface area contributed by atoms with Gasteiger partial charge in [0, 0.05) is 79.1 Å². The van der Waals surface area contributed by atoms with E-state index < -0.39 is 10.8 Å². The third-order valence-corrected chi connectivity index (χ3v) is 26.1. The first-order valence-electron chi connectivity index (χ1n) is 35.9. The highest BCUT2D eigenvalue weighted by molar-refractivity contribution is 7.34. The first kappa shape index (κ1) is 67.7. The van der Waals surface area contributed by atoms with Crippen LogP contribution in [0.5, 0.6) is 0 Å². The number of aromatic nitrogens is 2. The van der Waals surface area contributed by atoms with Crippen LogP contribution in [0.1, 0.15) is 239 Å². The van der Waals surface area contributed by atoms with Crippen molar-refractivity contribution in [2.75, 3.05) is 0 Å². The molecule has 0 radical (unpaired) electrons. The van der Waals surface area contributed by atoms with Gasteiger partial charge in [-0.05, 0) is 155 Å². The minimum Gasteiger partial charge on any atom is -0.289 e. The number of ketones is 2. The lowest BCUT2D eigenvalue weighted by Gasteiger charge is -2.34. The highest BCUT2D eigenvalue weighted by Gasteiger charge is 2.55. The third-order valence-electron chi connectivity index (χ3n) is 21.0. The Morgan fingerprint density at radius 2 is 0.700 bits per heavy atom. The normalized spacial score (nSPS) is 15.0. The van der Waals surface area contributed by atoms with Crippen LogP contribution in [0.4, 0.5) is 0 Å². The summed E-state index contributed by atoms with van der Waals surface area (Å²) in [6.07, 6.45) is 32.7. The van der Waals surface area contributed by atoms with Gasteiger partial charge in [0.25, 0.3) is 0 Å². The molecule has 12 heteroatoms. The van der Waals surface area contributed by atoms with Gasteiger partial charge in [0.05, 0.1) is 39.7 Å². The number of unbranched alkanes of at least 4 members (excludes halogenated alkanes) is 12. The van der Waals surface area contributed by atoms with Crippen molar-refractivity contribution in [2.24, 2.45) is 0 Å². The van der Waals surface area contributed by atoms with E-state index in [9.17, 15) is 30.6 Å². The van der Waals surface area contributed by atoms with E-state index in [1.165, 1.54) is 130 Å². The molecule has 4 aliphatic carbocycles. The molecule has 6 heterocycles. The first-order valence-corrected chi connectivity index (χ1v) is 39.1. The number of allylic oxidation sites excluding steroid dienone is 6. The predicted octanol–water partition coefficient (Wildman–Crippen LogP) is 23.3. The molecule has 496 valence electrons. The Hall–Kier alpha value is -9.50. The summed E-state index contributed by atoms with van der Waals surface area (Å²) in [6.45, 7) is 9.02. The molecular formula is C88H78N6O2S4. The number of carbonyl (C=O) groups excluding carboxylic acids is 2. The van der Waals surface area contributed by atoms with Gasteiger partial charge >= 0.3 is 0 Å². The van der Waals surface area contributed by atoms with Crippen molar-refractivity contribution in [3.8, 4) is 43.8 Å². The number of Topliss-reactive ketones (excluding diaryl/α,β-unsaturated/α-hetero) is 2. The van der Waals surface area contributed by atoms with Gasteiger partial charge in [0.2, 0.25) is 0 Å². The van der Waals surface area contributed by atoms with Crippen molar-refractivity contribution in [1.29, 1.82) is 21.0 Å². The van der Waals surface area contributed by atoms with E-state index in [2.05, 4.69) is 171 Å². The monoisotopic (exact) mass is 1380 g/mol. The summed E-state index contributed by atoms with van der Waals surface area (Å²) < 4.78 is 2.42. The Labute approximate surface area is 603 Å². The fourth-order valence-corrected chi connectivity index (χ4v) is 21.8. The summed E-state index contributed by atoms with van der Waals surface area (Å²) in [5.74, 6) is -0.531. The standard InChI is InChI=1S/C88H78N6O2S4/c1-5-9-13-17-21-55-25-33-61(34-26-55)87(62-35-27-56(28-36-62)22-18-14-10-6-2)73-47-65(45-69-75(59(49-89)50-90)67-41-43-93-53-71(67)79(69)95)97-81(73)83-77(87)85-86(99-83)78-84(100-85)82-74(48-66(98-82)46-70-76(60(51-91)52-92)68-42-44-94-54-72(68)80(70)96)88(78,63-37-29-57(30-38-63)23-19-15-11-7-3)64-39-31-58(32-40-64)24-20-16-12-8-4/h25-48,53-54H,5-24H2,1-4H3/b69-45-,70-46-. The predicted molar refractivity (Wildman–Crippen MR) is 411 cm³/mol. The van der Waals surface area contributed by atoms with E-state index in [0.717, 1.165) is 104 Å². The summed E-state index contributed by atoms with van der Waals surface area (Å²) in [6, 6.07) is 54.4. The number of rotatable bonds is 26. The molecule has 0 amide bonds. The van der Waals surface area contributed by atoms with Gasteiger partial charge in [0.15, 0.2) is 11.6 Å². The van der Waals surface area contributed by atoms with Crippen LogP contribution < -0.4 is 0 Å². The summed E-state index contributed by atoms with van der Waals surface area (Å²) in [5, 5.41) is 42.0. The topological polar surface area (TPSA) is 155 Å². The maximum absolute atomic E-state index is 14.8. The average Bonchev–Trinajstić information content (AvgIpc) is 1.49. The number of pyridine rings is 2. The Balaban J connectivity index is 1.06. The molecule has 0 saturated carbocycles. The van der Waals surface area contributed by atoms with E-state index in [0.29, 0.717) is 44.5 Å². The van der Waals surface area contributed by atoms with Crippen molar-refractivity contribution in [3.05, 3.63) is 267 Å². The fourth-order valence-electron chi connectivity index (χ4n) is 16.1. The van der Waals surface area contributed by atoms with E-state index >= 15 is 0 Å². The molecule has 0 N–H and O–H groups in total. The number of nitrogens with zero attached hydrogens (tertiary/aromatic N) is 6. The molecule has 0 saturated heterocycles. The minimum atomic E-state index is -0.865. The lowest BCUT2D eigenvalue weighted by atomic mass is 9.67. The van der Waals surface area contributed by atoms with Crippen LogP contribution >= 0.6 is 45.3 Å². The zero-order valence-electron chi connectivity index (χ0n) is 57.3. The van der Waals surface area contributed by atoms with Crippen molar-refractivity contribution in [2.45, 2.75) is 167 Å². The molecule has 0 atom stereocenters. The Bertz CT molecular complexity index is 4680. The lowest BCUT2D eigenvalue weighted by molar-refractivity contribution is 0.103. The number of hydrogen-bond acceptors (Lipinski definition) is 12. The number of fused-ring (bicyclic) bond motifs is 11. The molecule has 0 spiro atoms. The molecule has 100 heavy (non-hydrogen) atoms. The quantitative estimate of drug-likeness (QED) is 0.0295. The largest absolute Gasteiger partial charge is 0.289 e. The third kappa shape index (κ3) is 11.7. The van der Waals surface area contributed by atoms with E-state index in [1.807, 2.05) is 34.8 Å². The van der Waals surface area contributed by atoms with E-state index in [1.54, 1.807) is 59.6 Å². The van der Waals surface area contributed by atoms with Gasteiger partial charge in [-0.3, -0.25) is 19.6 Å². The van der Waals surface area contributed by atoms with Crippen molar-refractivity contribution >= 4 is 89.6 Å². The number of thiophene rings is 4. The van der Waals surface area contributed by atoms with Crippen LogP contribution in [-0.2, 0) is 36.5 Å². The molecule has 4 aromatic carbocycles. The first-order chi connectivity index (χ1) is 49.1. The molecule has 0 bridgehead atoms. The Morgan fingerprint density at radius 3 is 0.990 bits per heavy atom. The number of nitriles is 4. The summed E-state index contributed by atoms with van der Waals surface area (Å²) in [4.78, 5) is 44.4. The summed E-state index contributed by atoms with van der Waals surface area (Å²) in [7, 11) is 0. The van der Waals surface area contributed by atoms with Gasteiger partial charge in [-0.25, -0.2) is 0 Å². The number of benzene rings is 4. The molecule has 10 aromatic rings. The SMILES string of the molecule is CCCCCCc1ccc(C2(c3ccc(CCCCCC)cc3)c3cc(/C=C4\C(=O)c5cnccc5C4=C(C#N)C#N)sc3-c3sc4c5c(sc4c32)-c2sc(/C=C3\C(=O)c4cnccc4C3=C(C#N)C#N)cc2C5(c2ccc(CCCCCC)cc2)c2ccc(CCCCCC)cc2)cc1. The molecule has 8 nitrogen and oxygen atoms in total. The van der Waals surface area contributed by atoms with Crippen LogP contribution in [-0.4, -0.2) is 21.5 Å². The Kier molecular flexibility index (Phi) is 19.9. The van der Waals surface area contributed by atoms with Crippen LogP contribution in [0, 0.1) is 45.3 Å². The zero-order valence-corrected chi connectivity index (χ0v) is 60.6. The number of aryl methyl sites for hydroxylation is 4. The van der Waals surface area contributed by atoms with Gasteiger partial charge in [-0.2, -0.15) is 21.0 Å². The molecule has 4 aliphatic rings. The van der Waals surface area contributed by atoms with E-state index in [-0.39, 0.29) is 22.7 Å². The summed E-state index contributed by atoms with van der Waals surface area (Å²) in [5.41, 5.74) is 15.7. The van der Waals surface area contributed by atoms with Crippen LogP contribution in [0.2, 0.25) is 0 Å². The number of hydrogen-bond donors (Lipinski definition) is 0. The van der Waals surface area contributed by atoms with Crippen molar-refractivity contribution in [1.82, 2.24) is 9.97 Å². The molecule has 6 aromatic heterocycles. The molecule has 0 fully saturated rings. The maximum Gasteiger partial charge on any atom is 0.195 e. The van der Waals surface area contributed by atoms with Gasteiger partial charge in [-0.15, -0.1) is 45.3 Å². The van der Waals surface area contributed by atoms with Gasteiger partial charge < -0.3 is 0 Å². The average molecular weight is 1380 g/mol. The van der Waals surface area contributed by atoms with Crippen molar-refractivity contribution < 1.29 is 9.59 Å². The highest BCUT2D eigenvalue weighted by atomic mass is 32.1. The lowest BCUT2D eigenvalue weighted by Crippen LogP contribution is -2.29. The second-order valence-corrected chi connectivity index (χ2v) is 31.4. The number of carbonyl (C=O) groups is 2. The highest BCUT2D eigenvalue weighted by Crippen LogP contribution is 2.70. The molecule has 0 unspecified atom stereocenters. The van der Waals surface area contributed by atoms with Crippen LogP contribution in [0.3, 0.4) is 0 Å².